The summed E-state index contributed by atoms with van der Waals surface area (Å²) in [7, 11) is 0. The maximum Gasteiger partial charge on any atom is 0.264 e. The molecule has 0 bridgehead atoms. The second kappa shape index (κ2) is 6.69. The highest BCUT2D eigenvalue weighted by Crippen LogP contribution is 2.29. The van der Waals surface area contributed by atoms with Gasteiger partial charge in [-0.05, 0) is 47.7 Å². The summed E-state index contributed by atoms with van der Waals surface area (Å²) >= 11 is 7.09. The van der Waals surface area contributed by atoms with Crippen LogP contribution < -0.4 is 5.32 Å². The first-order valence-electron chi connectivity index (χ1n) is 6.70. The number of carbonyl (C=O) groups excluding carboxylic acids is 1. The number of nitriles is 1. The molecule has 0 saturated carbocycles. The average Bonchev–Trinajstić information content (AvgIpc) is 2.89. The summed E-state index contributed by atoms with van der Waals surface area (Å²) in [6.45, 7) is 0. The molecule has 1 aliphatic heterocycles. The molecule has 112 valence electrons. The lowest BCUT2D eigenvalue weighted by molar-refractivity contribution is -0.115. The number of hydrogen-bond acceptors (Lipinski definition) is 4. The van der Waals surface area contributed by atoms with Gasteiger partial charge in [0.1, 0.15) is 6.07 Å². The third kappa shape index (κ3) is 3.62. The van der Waals surface area contributed by atoms with Crippen molar-refractivity contribution in [2.24, 2.45) is 4.99 Å². The summed E-state index contributed by atoms with van der Waals surface area (Å²) < 4.78 is 0. The van der Waals surface area contributed by atoms with Gasteiger partial charge < -0.3 is 5.32 Å². The summed E-state index contributed by atoms with van der Waals surface area (Å²) in [4.78, 5) is 16.9. The standard InChI is InChI=1S/C17H10ClN3OS/c18-13-7-5-11(6-8-13)9-15-16(22)21-17(23-15)20-14-4-2-1-3-12(14)10-19/h1-9H,(H,20,21,22)/b15-9-. The first-order valence-corrected chi connectivity index (χ1v) is 7.89. The molecule has 0 unspecified atom stereocenters. The highest BCUT2D eigenvalue weighted by Gasteiger charge is 2.24. The van der Waals surface area contributed by atoms with E-state index in [4.69, 9.17) is 16.9 Å². The second-order valence-electron chi connectivity index (χ2n) is 4.66. The highest BCUT2D eigenvalue weighted by molar-refractivity contribution is 8.18. The van der Waals surface area contributed by atoms with Crippen molar-refractivity contribution in [2.75, 3.05) is 0 Å². The minimum atomic E-state index is -0.210. The maximum absolute atomic E-state index is 12.0. The Morgan fingerprint density at radius 1 is 1.17 bits per heavy atom. The van der Waals surface area contributed by atoms with Gasteiger partial charge >= 0.3 is 0 Å². The number of thioether (sulfide) groups is 1. The molecule has 4 nitrogen and oxygen atoms in total. The fraction of sp³-hybridized carbons (Fsp3) is 0. The number of halogens is 1. The van der Waals surface area contributed by atoms with Gasteiger partial charge in [-0.1, -0.05) is 35.9 Å². The minimum absolute atomic E-state index is 0.210. The van der Waals surface area contributed by atoms with Gasteiger partial charge in [-0.3, -0.25) is 4.79 Å². The predicted molar refractivity (Wildman–Crippen MR) is 93.4 cm³/mol. The van der Waals surface area contributed by atoms with Gasteiger partial charge in [-0.15, -0.1) is 0 Å². The van der Waals surface area contributed by atoms with Crippen LogP contribution >= 0.6 is 23.4 Å². The van der Waals surface area contributed by atoms with Crippen LogP contribution in [0.15, 0.2) is 58.4 Å². The van der Waals surface area contributed by atoms with E-state index in [9.17, 15) is 4.79 Å². The molecule has 1 saturated heterocycles. The van der Waals surface area contributed by atoms with Gasteiger partial charge in [-0.25, -0.2) is 4.99 Å². The maximum atomic E-state index is 12.0. The van der Waals surface area contributed by atoms with Gasteiger partial charge in [0.05, 0.1) is 16.2 Å². The van der Waals surface area contributed by atoms with Crippen LogP contribution in [0.5, 0.6) is 0 Å². The number of amidine groups is 1. The molecule has 2 aromatic rings. The Labute approximate surface area is 142 Å². The van der Waals surface area contributed by atoms with Crippen LogP contribution in [0, 0.1) is 11.3 Å². The van der Waals surface area contributed by atoms with E-state index in [1.165, 1.54) is 11.8 Å². The van der Waals surface area contributed by atoms with Gasteiger partial charge in [-0.2, -0.15) is 5.26 Å². The van der Waals surface area contributed by atoms with E-state index in [1.54, 1.807) is 42.5 Å². The van der Waals surface area contributed by atoms with Crippen molar-refractivity contribution in [1.82, 2.24) is 5.32 Å². The number of nitrogens with zero attached hydrogens (tertiary/aromatic N) is 2. The van der Waals surface area contributed by atoms with Crippen LogP contribution in [0.3, 0.4) is 0 Å². The van der Waals surface area contributed by atoms with Crippen LogP contribution in [0.2, 0.25) is 5.02 Å². The van der Waals surface area contributed by atoms with Crippen LogP contribution in [0.4, 0.5) is 5.69 Å². The molecular formula is C17H10ClN3OS. The first-order chi connectivity index (χ1) is 11.2. The lowest BCUT2D eigenvalue weighted by Gasteiger charge is -1.98. The molecule has 1 fully saturated rings. The Morgan fingerprint density at radius 2 is 1.91 bits per heavy atom. The normalized spacial score (nSPS) is 17.3. The smallest absolute Gasteiger partial charge is 0.264 e. The molecule has 1 amide bonds. The summed E-state index contributed by atoms with van der Waals surface area (Å²) in [5.41, 5.74) is 1.88. The van der Waals surface area contributed by atoms with E-state index < -0.39 is 0 Å². The molecule has 1 heterocycles. The topological polar surface area (TPSA) is 65.2 Å². The SMILES string of the molecule is N#Cc1ccccc1N=C1NC(=O)/C(=C/c2ccc(Cl)cc2)S1. The number of rotatable bonds is 2. The van der Waals surface area contributed by atoms with Gasteiger partial charge in [0.25, 0.3) is 5.91 Å². The van der Waals surface area contributed by atoms with E-state index in [-0.39, 0.29) is 5.91 Å². The number of para-hydroxylation sites is 1. The molecule has 0 spiro atoms. The fourth-order valence-electron chi connectivity index (χ4n) is 1.97. The lowest BCUT2D eigenvalue weighted by atomic mass is 10.2. The third-order valence-corrected chi connectivity index (χ3v) is 4.23. The molecule has 3 rings (SSSR count). The first kappa shape index (κ1) is 15.3. The number of hydrogen-bond donors (Lipinski definition) is 1. The van der Waals surface area contributed by atoms with Crippen LogP contribution in [0.1, 0.15) is 11.1 Å². The highest BCUT2D eigenvalue weighted by atomic mass is 35.5. The zero-order valence-electron chi connectivity index (χ0n) is 11.8. The number of benzene rings is 2. The quantitative estimate of drug-likeness (QED) is 0.837. The number of amides is 1. The molecule has 0 radical (unpaired) electrons. The van der Waals surface area contributed by atoms with Crippen molar-refractivity contribution < 1.29 is 4.79 Å². The largest absolute Gasteiger partial charge is 0.300 e. The summed E-state index contributed by atoms with van der Waals surface area (Å²) in [5, 5.41) is 12.9. The van der Waals surface area contributed by atoms with Crippen molar-refractivity contribution in [3.63, 3.8) is 0 Å². The van der Waals surface area contributed by atoms with Gasteiger partial charge in [0.2, 0.25) is 0 Å². The van der Waals surface area contributed by atoms with Crippen molar-refractivity contribution in [3.05, 3.63) is 69.6 Å². The van der Waals surface area contributed by atoms with Gasteiger partial charge in [0.15, 0.2) is 5.17 Å². The molecule has 6 heteroatoms. The molecular weight excluding hydrogens is 330 g/mol. The third-order valence-electron chi connectivity index (χ3n) is 3.07. The molecule has 1 N–H and O–H groups in total. The fourth-order valence-corrected chi connectivity index (χ4v) is 2.93. The molecule has 1 aliphatic rings. The van der Waals surface area contributed by atoms with E-state index >= 15 is 0 Å². The van der Waals surface area contributed by atoms with E-state index in [1.807, 2.05) is 12.1 Å². The number of carbonyl (C=O) groups is 1. The summed E-state index contributed by atoms with van der Waals surface area (Å²) in [6, 6.07) is 16.3. The zero-order valence-corrected chi connectivity index (χ0v) is 13.4. The van der Waals surface area contributed by atoms with E-state index in [2.05, 4.69) is 16.4 Å². The number of nitrogens with one attached hydrogen (secondary N) is 1. The van der Waals surface area contributed by atoms with Crippen LogP contribution in [-0.2, 0) is 4.79 Å². The van der Waals surface area contributed by atoms with Crippen molar-refractivity contribution in [2.45, 2.75) is 0 Å². The Balaban J connectivity index is 1.86. The molecule has 2 aromatic carbocycles. The monoisotopic (exact) mass is 339 g/mol. The summed E-state index contributed by atoms with van der Waals surface area (Å²) in [5.74, 6) is -0.210. The average molecular weight is 340 g/mol. The van der Waals surface area contributed by atoms with E-state index in [0.29, 0.717) is 26.3 Å². The predicted octanol–water partition coefficient (Wildman–Crippen LogP) is 4.10. The van der Waals surface area contributed by atoms with Crippen molar-refractivity contribution in [1.29, 1.82) is 5.26 Å². The second-order valence-corrected chi connectivity index (χ2v) is 6.13. The van der Waals surface area contributed by atoms with Crippen LogP contribution in [-0.4, -0.2) is 11.1 Å². The van der Waals surface area contributed by atoms with Gasteiger partial charge in [0, 0.05) is 5.02 Å². The van der Waals surface area contributed by atoms with Crippen molar-refractivity contribution >= 4 is 46.2 Å². The lowest BCUT2D eigenvalue weighted by Crippen LogP contribution is -2.19. The molecule has 0 aromatic heterocycles. The summed E-state index contributed by atoms with van der Waals surface area (Å²) in [6.07, 6.45) is 1.77. The molecule has 23 heavy (non-hydrogen) atoms. The van der Waals surface area contributed by atoms with E-state index in [0.717, 1.165) is 5.56 Å². The number of aliphatic imine (C=N–C) groups is 1. The Bertz CT molecular complexity index is 866. The Hall–Kier alpha value is -2.55. The molecule has 0 aliphatic carbocycles. The Kier molecular flexibility index (Phi) is 4.47. The molecule has 0 atom stereocenters. The van der Waals surface area contributed by atoms with Crippen molar-refractivity contribution in [3.8, 4) is 6.07 Å². The minimum Gasteiger partial charge on any atom is -0.300 e. The zero-order chi connectivity index (χ0) is 16.2. The Morgan fingerprint density at radius 3 is 2.65 bits per heavy atom. The van der Waals surface area contributed by atoms with Crippen LogP contribution in [0.25, 0.3) is 6.08 Å².